The highest BCUT2D eigenvalue weighted by Gasteiger charge is 2.68. The van der Waals surface area contributed by atoms with Crippen LogP contribution in [0.1, 0.15) is 116 Å². The predicted molar refractivity (Wildman–Crippen MR) is 254 cm³/mol. The van der Waals surface area contributed by atoms with E-state index in [1.54, 1.807) is 7.11 Å². The third-order valence-corrected chi connectivity index (χ3v) is 24.7. The molecule has 11 atom stereocenters. The highest BCUT2D eigenvalue weighted by Crippen LogP contribution is 2.57. The second-order valence-corrected chi connectivity index (χ2v) is 29.6. The van der Waals surface area contributed by atoms with E-state index in [0.717, 1.165) is 18.1 Å². The summed E-state index contributed by atoms with van der Waals surface area (Å²) in [5.74, 6) is -2.20. The first-order valence-electron chi connectivity index (χ1n) is 23.6. The van der Waals surface area contributed by atoms with Crippen molar-refractivity contribution >= 4 is 33.0 Å². The molecule has 3 fully saturated rings. The minimum atomic E-state index is -2.83. The van der Waals surface area contributed by atoms with Crippen LogP contribution in [0.2, 0.25) is 23.2 Å². The van der Waals surface area contributed by atoms with Crippen molar-refractivity contribution in [1.29, 1.82) is 0 Å². The topological polar surface area (TPSA) is 90.9 Å². The summed E-state index contributed by atoms with van der Waals surface area (Å²) in [4.78, 5) is 12.9. The molecule has 9 nitrogen and oxygen atoms in total. The number of rotatable bonds is 18. The maximum Gasteiger partial charge on any atom is 0.302 e. The zero-order valence-electron chi connectivity index (χ0n) is 41.0. The lowest BCUT2D eigenvalue weighted by Crippen LogP contribution is -2.66. The van der Waals surface area contributed by atoms with Crippen molar-refractivity contribution in [2.45, 2.75) is 194 Å². The number of carbonyl (C=O) groups is 1. The fourth-order valence-corrected chi connectivity index (χ4v) is 18.4. The Balaban J connectivity index is 1.55. The van der Waals surface area contributed by atoms with Gasteiger partial charge in [0.25, 0.3) is 8.32 Å². The molecule has 2 aromatic carbocycles. The Bertz CT molecular complexity index is 1700. The van der Waals surface area contributed by atoms with Crippen LogP contribution >= 0.6 is 0 Å². The molecule has 0 aliphatic carbocycles. The number of esters is 1. The van der Waals surface area contributed by atoms with Gasteiger partial charge in [-0.15, -0.1) is 6.58 Å². The van der Waals surface area contributed by atoms with Gasteiger partial charge in [0.2, 0.25) is 0 Å². The molecule has 348 valence electrons. The van der Waals surface area contributed by atoms with E-state index in [1.807, 2.05) is 19.9 Å². The molecular weight excluding hydrogens is 813 g/mol. The van der Waals surface area contributed by atoms with Crippen molar-refractivity contribution in [2.24, 2.45) is 23.2 Å². The van der Waals surface area contributed by atoms with E-state index in [-0.39, 0.29) is 53.2 Å². The smallest absolute Gasteiger partial charge is 0.302 e. The van der Waals surface area contributed by atoms with Gasteiger partial charge in [-0.1, -0.05) is 143 Å². The van der Waals surface area contributed by atoms with Crippen LogP contribution in [0.25, 0.3) is 0 Å². The second kappa shape index (κ2) is 20.1. The summed E-state index contributed by atoms with van der Waals surface area (Å²) in [6.45, 7) is 34.6. The molecule has 3 aliphatic rings. The van der Waals surface area contributed by atoms with Crippen molar-refractivity contribution < 1.29 is 42.1 Å². The van der Waals surface area contributed by atoms with Crippen LogP contribution in [-0.4, -0.2) is 90.6 Å². The van der Waals surface area contributed by atoms with E-state index in [2.05, 4.69) is 143 Å². The molecule has 62 heavy (non-hydrogen) atoms. The maximum atomic E-state index is 12.9. The third kappa shape index (κ3) is 10.1. The first-order chi connectivity index (χ1) is 29.1. The molecule has 0 radical (unpaired) electrons. The zero-order chi connectivity index (χ0) is 45.9. The van der Waals surface area contributed by atoms with Gasteiger partial charge in [0.05, 0.1) is 30.5 Å². The monoisotopic (exact) mass is 895 g/mol. The largest absolute Gasteiger partial charge is 0.462 e. The van der Waals surface area contributed by atoms with Gasteiger partial charge in [0.1, 0.15) is 12.2 Å². The molecule has 2 aromatic rings. The molecule has 11 heteroatoms. The summed E-state index contributed by atoms with van der Waals surface area (Å²) >= 11 is 0. The number of ether oxygens (including phenoxy) is 6. The molecule has 3 saturated heterocycles. The normalized spacial score (nSPS) is 31.1. The molecule has 5 rings (SSSR count). The van der Waals surface area contributed by atoms with Crippen molar-refractivity contribution in [3.8, 4) is 0 Å². The van der Waals surface area contributed by atoms with Crippen LogP contribution < -0.4 is 10.4 Å². The van der Waals surface area contributed by atoms with Crippen LogP contribution in [0.3, 0.4) is 0 Å². The SMILES string of the molecule is C=C[C@@H](C)[C@H]1OC(C)(C)O[C@@H](C[C@H](OC)[C@H]2O[C@@]3(C[C@@H](OC(C)=O)[C@H](C)[C@H](CCO[Si](c4ccccc4)(c4ccccc4)C(C)(C)C)O3)C(C)(C)[C@H]2O[Si](CC)(CC)CC)[C@@H]1C. The fraction of sp³-hybridized carbons (Fsp3) is 0.706. The predicted octanol–water partition coefficient (Wildman–Crippen LogP) is 10.2. The summed E-state index contributed by atoms with van der Waals surface area (Å²) in [5.41, 5.74) is -0.677. The molecule has 0 bridgehead atoms. The van der Waals surface area contributed by atoms with Crippen molar-refractivity contribution in [3.63, 3.8) is 0 Å². The highest BCUT2D eigenvalue weighted by molar-refractivity contribution is 6.99. The maximum absolute atomic E-state index is 12.9. The summed E-state index contributed by atoms with van der Waals surface area (Å²) in [6, 6.07) is 24.4. The standard InChI is InChI=1S/C51H82O9Si2/c1-17-35(5)45-37(7)42(56-50(14,15)58-45)33-43(53-16)46-47(60-61(18-2,19-3)20-4)49(12,13)51(59-46)34-44(55-38(8)52)36(6)41(57-51)31-32-54-62(48(9,10)11,39-27-23-21-24-28-39)40-29-25-22-26-30-40/h17,21-30,35-37,41-47H,1,18-20,31-34H2,2-16H3/t35-,36-,37+,41+,42+,43+,44-,45-,46-,47+,51+/m1/s1. The van der Waals surface area contributed by atoms with E-state index in [9.17, 15) is 4.79 Å². The third-order valence-electron chi connectivity index (χ3n) is 15.1. The Morgan fingerprint density at radius 3 is 1.90 bits per heavy atom. The Morgan fingerprint density at radius 1 is 0.855 bits per heavy atom. The van der Waals surface area contributed by atoms with Crippen LogP contribution in [-0.2, 0) is 42.1 Å². The van der Waals surface area contributed by atoms with Gasteiger partial charge in [-0.25, -0.2) is 0 Å². The number of carbonyl (C=O) groups excluding carboxylic acids is 1. The molecule has 3 aliphatic heterocycles. The Kier molecular flexibility index (Phi) is 16.5. The number of methoxy groups -OCH3 is 1. The summed E-state index contributed by atoms with van der Waals surface area (Å²) in [7, 11) is -3.29. The molecule has 0 N–H and O–H groups in total. The number of hydrogen-bond donors (Lipinski definition) is 0. The number of benzene rings is 2. The van der Waals surface area contributed by atoms with E-state index in [0.29, 0.717) is 25.9 Å². The van der Waals surface area contributed by atoms with Crippen LogP contribution in [0.15, 0.2) is 73.3 Å². The molecule has 3 heterocycles. The minimum absolute atomic E-state index is 0.0619. The van der Waals surface area contributed by atoms with Gasteiger partial charge in [-0.2, -0.15) is 0 Å². The zero-order valence-corrected chi connectivity index (χ0v) is 43.0. The quantitative estimate of drug-likeness (QED) is 0.0824. The molecule has 0 amide bonds. The average Bonchev–Trinajstić information content (AvgIpc) is 3.43. The van der Waals surface area contributed by atoms with Gasteiger partial charge in [-0.3, -0.25) is 4.79 Å². The van der Waals surface area contributed by atoms with Gasteiger partial charge >= 0.3 is 5.97 Å². The lowest BCUT2D eigenvalue weighted by molar-refractivity contribution is -0.342. The lowest BCUT2D eigenvalue weighted by atomic mass is 9.72. The summed E-state index contributed by atoms with van der Waals surface area (Å²) < 4.78 is 56.0. The average molecular weight is 895 g/mol. The van der Waals surface area contributed by atoms with Crippen LogP contribution in [0.5, 0.6) is 0 Å². The second-order valence-electron chi connectivity index (χ2n) is 20.6. The van der Waals surface area contributed by atoms with Gasteiger partial charge in [-0.05, 0) is 53.8 Å². The van der Waals surface area contributed by atoms with Gasteiger partial charge in [0, 0.05) is 56.7 Å². The van der Waals surface area contributed by atoms with Gasteiger partial charge < -0.3 is 37.3 Å². The first kappa shape index (κ1) is 50.8. The Labute approximate surface area is 377 Å². The van der Waals surface area contributed by atoms with Crippen LogP contribution in [0, 0.1) is 23.2 Å². The summed E-state index contributed by atoms with van der Waals surface area (Å²) in [5, 5.41) is 2.27. The fourth-order valence-electron chi connectivity index (χ4n) is 10.9. The molecule has 0 unspecified atom stereocenters. The van der Waals surface area contributed by atoms with E-state index in [4.69, 9.17) is 37.3 Å². The molecule has 1 spiro atoms. The van der Waals surface area contributed by atoms with Crippen molar-refractivity contribution in [3.05, 3.63) is 73.3 Å². The van der Waals surface area contributed by atoms with E-state index in [1.165, 1.54) is 17.3 Å². The summed E-state index contributed by atoms with van der Waals surface area (Å²) in [6.07, 6.45) is 1.16. The molecule has 0 aromatic heterocycles. The Morgan fingerprint density at radius 2 is 1.42 bits per heavy atom. The van der Waals surface area contributed by atoms with E-state index >= 15 is 0 Å². The molecule has 0 saturated carbocycles. The first-order valence-corrected chi connectivity index (χ1v) is 28.0. The molecular formula is C51H82O9Si2. The Hall–Kier alpha value is -2.20. The van der Waals surface area contributed by atoms with Gasteiger partial charge in [0.15, 0.2) is 19.9 Å². The highest BCUT2D eigenvalue weighted by atomic mass is 28.4. The minimum Gasteiger partial charge on any atom is -0.462 e. The lowest BCUT2D eigenvalue weighted by Gasteiger charge is -2.51. The van der Waals surface area contributed by atoms with E-state index < -0.39 is 51.9 Å². The number of hydrogen-bond acceptors (Lipinski definition) is 9. The van der Waals surface area contributed by atoms with Crippen LogP contribution in [0.4, 0.5) is 0 Å². The van der Waals surface area contributed by atoms with Crippen molar-refractivity contribution in [2.75, 3.05) is 13.7 Å². The van der Waals surface area contributed by atoms with Crippen molar-refractivity contribution in [1.82, 2.24) is 0 Å².